The maximum absolute atomic E-state index is 12.1. The summed E-state index contributed by atoms with van der Waals surface area (Å²) in [5, 5.41) is 0.536. The Morgan fingerprint density at radius 2 is 2.06 bits per heavy atom. The maximum atomic E-state index is 12.1. The van der Waals surface area contributed by atoms with Gasteiger partial charge in [0.2, 0.25) is 0 Å². The van der Waals surface area contributed by atoms with Crippen molar-refractivity contribution in [2.24, 2.45) is 0 Å². The summed E-state index contributed by atoms with van der Waals surface area (Å²) >= 11 is 0. The number of aromatic nitrogens is 1. The molecule has 2 rings (SSSR count). The van der Waals surface area contributed by atoms with Gasteiger partial charge in [-0.2, -0.15) is 4.98 Å². The van der Waals surface area contributed by atoms with Crippen LogP contribution in [0.4, 0.5) is 0 Å². The predicted molar refractivity (Wildman–Crippen MR) is 70.1 cm³/mol. The number of nitrogens with zero attached hydrogens (tertiary/aromatic N) is 1. The van der Waals surface area contributed by atoms with E-state index in [9.17, 15) is 4.79 Å². The fraction of sp³-hybridized carbons (Fsp3) is 0.429. The molecular formula is C14H17NO3. The van der Waals surface area contributed by atoms with Crippen molar-refractivity contribution in [1.82, 2.24) is 4.98 Å². The van der Waals surface area contributed by atoms with Gasteiger partial charge in [0.25, 0.3) is 0 Å². The summed E-state index contributed by atoms with van der Waals surface area (Å²) in [6.45, 7) is 8.39. The number of hydrogen-bond donors (Lipinski definition) is 0. The molecule has 0 bridgehead atoms. The second-order valence-electron chi connectivity index (χ2n) is 5.15. The lowest BCUT2D eigenvalue weighted by Crippen LogP contribution is -2.16. The van der Waals surface area contributed by atoms with Crippen LogP contribution in [0, 0.1) is 0 Å². The highest BCUT2D eigenvalue weighted by molar-refractivity contribution is 5.82. The quantitative estimate of drug-likeness (QED) is 0.818. The molecule has 2 aromatic rings. The molecular weight excluding hydrogens is 230 g/mol. The fourth-order valence-corrected chi connectivity index (χ4v) is 1.91. The molecule has 18 heavy (non-hydrogen) atoms. The van der Waals surface area contributed by atoms with Crippen molar-refractivity contribution in [2.45, 2.75) is 33.1 Å². The Bertz CT molecular complexity index is 623. The van der Waals surface area contributed by atoms with E-state index in [0.717, 1.165) is 5.56 Å². The smallest absolute Gasteiger partial charge is 0.397 e. The van der Waals surface area contributed by atoms with E-state index in [0.29, 0.717) is 17.5 Å². The van der Waals surface area contributed by atoms with E-state index in [-0.39, 0.29) is 11.5 Å². The third kappa shape index (κ3) is 2.23. The van der Waals surface area contributed by atoms with Gasteiger partial charge in [0.05, 0.1) is 17.5 Å². The molecule has 4 nitrogen and oxygen atoms in total. The van der Waals surface area contributed by atoms with Crippen molar-refractivity contribution in [3.8, 4) is 6.08 Å². The molecule has 0 unspecified atom stereocenters. The van der Waals surface area contributed by atoms with Crippen molar-refractivity contribution in [3.05, 3.63) is 34.2 Å². The molecule has 0 aliphatic rings. The zero-order valence-electron chi connectivity index (χ0n) is 11.1. The number of hydrogen-bond acceptors (Lipinski definition) is 4. The van der Waals surface area contributed by atoms with Gasteiger partial charge >= 0.3 is 11.7 Å². The Kier molecular flexibility index (Phi) is 3.11. The zero-order valence-corrected chi connectivity index (χ0v) is 11.1. The predicted octanol–water partition coefficient (Wildman–Crippen LogP) is 2.88. The highest BCUT2D eigenvalue weighted by Gasteiger charge is 2.20. The maximum Gasteiger partial charge on any atom is 0.397 e. The number of ether oxygens (including phenoxy) is 1. The molecule has 4 heteroatoms. The Hall–Kier alpha value is -1.84. The summed E-state index contributed by atoms with van der Waals surface area (Å²) in [7, 11) is 0. The summed E-state index contributed by atoms with van der Waals surface area (Å²) in [5.74, 6) is 0. The zero-order chi connectivity index (χ0) is 13.3. The van der Waals surface area contributed by atoms with Gasteiger partial charge in [-0.3, -0.25) is 0 Å². The van der Waals surface area contributed by atoms with Crippen molar-refractivity contribution in [3.63, 3.8) is 0 Å². The summed E-state index contributed by atoms with van der Waals surface area (Å²) in [6.07, 6.45) is 0.0288. The molecule has 0 aliphatic carbocycles. The molecule has 0 aliphatic heterocycles. The first kappa shape index (κ1) is 12.6. The molecule has 0 fully saturated rings. The first-order valence-corrected chi connectivity index (χ1v) is 6.00. The monoisotopic (exact) mass is 247 g/mol. The fourth-order valence-electron chi connectivity index (χ4n) is 1.91. The lowest BCUT2D eigenvalue weighted by Gasteiger charge is -2.20. The van der Waals surface area contributed by atoms with Crippen LogP contribution < -0.4 is 10.4 Å². The Balaban J connectivity index is 2.76. The van der Waals surface area contributed by atoms with Gasteiger partial charge in [-0.05, 0) is 24.0 Å². The second-order valence-corrected chi connectivity index (χ2v) is 5.15. The largest absolute Gasteiger partial charge is 0.450 e. The highest BCUT2D eigenvalue weighted by atomic mass is 16.6. The van der Waals surface area contributed by atoms with Gasteiger partial charge in [0.15, 0.2) is 0 Å². The number of benzene rings is 1. The lowest BCUT2D eigenvalue weighted by atomic mass is 9.85. The van der Waals surface area contributed by atoms with E-state index in [1.165, 1.54) is 0 Å². The van der Waals surface area contributed by atoms with Crippen LogP contribution in [0.3, 0.4) is 0 Å². The minimum absolute atomic E-state index is 0.0288. The summed E-state index contributed by atoms with van der Waals surface area (Å²) in [6, 6.07) is 5.62. The molecule has 0 spiro atoms. The first-order valence-electron chi connectivity index (χ1n) is 6.00. The Morgan fingerprint density at radius 1 is 1.33 bits per heavy atom. The highest BCUT2D eigenvalue weighted by Crippen LogP contribution is 2.27. The lowest BCUT2D eigenvalue weighted by molar-refractivity contribution is 0.229. The molecule has 0 saturated carbocycles. The minimum Gasteiger partial charge on any atom is -0.450 e. The Morgan fingerprint density at radius 3 is 2.67 bits per heavy atom. The second kappa shape index (κ2) is 4.44. The van der Waals surface area contributed by atoms with Gasteiger partial charge in [-0.15, -0.1) is 0 Å². The summed E-state index contributed by atoms with van der Waals surface area (Å²) < 4.78 is 10.2. The number of rotatable bonds is 2. The number of fused-ring (bicyclic) bond motifs is 1. The van der Waals surface area contributed by atoms with Gasteiger partial charge in [-0.25, -0.2) is 4.79 Å². The van der Waals surface area contributed by atoms with Crippen molar-refractivity contribution < 1.29 is 9.15 Å². The van der Waals surface area contributed by atoms with Crippen LogP contribution in [0.1, 0.15) is 33.3 Å². The minimum atomic E-state index is -0.394. The van der Waals surface area contributed by atoms with Crippen molar-refractivity contribution in [1.29, 1.82) is 0 Å². The average Bonchev–Trinajstić information content (AvgIpc) is 2.27. The topological polar surface area (TPSA) is 52.3 Å². The molecule has 1 aromatic heterocycles. The van der Waals surface area contributed by atoms with Crippen molar-refractivity contribution >= 4 is 10.9 Å². The van der Waals surface area contributed by atoms with Gasteiger partial charge < -0.3 is 9.15 Å². The van der Waals surface area contributed by atoms with Crippen molar-refractivity contribution in [2.75, 3.05) is 6.61 Å². The molecule has 0 N–H and O–H groups in total. The van der Waals surface area contributed by atoms with E-state index in [4.69, 9.17) is 9.15 Å². The Labute approximate surface area is 106 Å². The molecule has 96 valence electrons. The summed E-state index contributed by atoms with van der Waals surface area (Å²) in [4.78, 5) is 16.3. The molecule has 0 radical (unpaired) electrons. The van der Waals surface area contributed by atoms with E-state index >= 15 is 0 Å². The molecule has 0 amide bonds. The first-order chi connectivity index (χ1) is 8.43. The van der Waals surface area contributed by atoms with E-state index in [1.54, 1.807) is 6.07 Å². The van der Waals surface area contributed by atoms with Crippen LogP contribution in [0.5, 0.6) is 6.08 Å². The van der Waals surface area contributed by atoms with Crippen LogP contribution in [0.15, 0.2) is 27.4 Å². The summed E-state index contributed by atoms with van der Waals surface area (Å²) in [5.41, 5.74) is 1.02. The normalized spacial score (nSPS) is 11.8. The van der Waals surface area contributed by atoms with E-state index in [2.05, 4.69) is 25.8 Å². The van der Waals surface area contributed by atoms with E-state index < -0.39 is 5.63 Å². The third-order valence-electron chi connectivity index (χ3n) is 2.71. The van der Waals surface area contributed by atoms with Crippen LogP contribution in [-0.2, 0) is 5.41 Å². The van der Waals surface area contributed by atoms with Gasteiger partial charge in [0.1, 0.15) is 0 Å². The SMILES string of the molecule is CCOc1nc2cccc(C(C)(C)C)c2c(=O)o1. The molecule has 1 heterocycles. The van der Waals surface area contributed by atoms with Crippen LogP contribution in [0.2, 0.25) is 0 Å². The van der Waals surface area contributed by atoms with Crippen LogP contribution in [-0.4, -0.2) is 11.6 Å². The van der Waals surface area contributed by atoms with E-state index in [1.807, 2.05) is 19.1 Å². The third-order valence-corrected chi connectivity index (χ3v) is 2.71. The molecule has 0 atom stereocenters. The molecule has 0 saturated heterocycles. The van der Waals surface area contributed by atoms with Gasteiger partial charge in [-0.1, -0.05) is 32.9 Å². The van der Waals surface area contributed by atoms with Crippen LogP contribution in [0.25, 0.3) is 10.9 Å². The van der Waals surface area contributed by atoms with Gasteiger partial charge in [0, 0.05) is 0 Å². The average molecular weight is 247 g/mol. The standard InChI is InChI=1S/C14H17NO3/c1-5-17-13-15-10-8-6-7-9(14(2,3)4)11(10)12(16)18-13/h6-8H,5H2,1-4H3. The molecule has 1 aromatic carbocycles. The van der Waals surface area contributed by atoms with Crippen LogP contribution >= 0.6 is 0 Å².